The lowest BCUT2D eigenvalue weighted by Gasteiger charge is -2.16. The third-order valence-electron chi connectivity index (χ3n) is 3.04. The molecular formula is C12H22N4O4. The van der Waals surface area contributed by atoms with Gasteiger partial charge in [0.25, 0.3) is 5.56 Å². The monoisotopic (exact) mass is 286 g/mol. The predicted molar refractivity (Wildman–Crippen MR) is 76.8 cm³/mol. The van der Waals surface area contributed by atoms with Crippen LogP contribution in [0.15, 0.2) is 9.59 Å². The van der Waals surface area contributed by atoms with Crippen LogP contribution >= 0.6 is 0 Å². The molecule has 1 unspecified atom stereocenters. The average Bonchev–Trinajstić information content (AvgIpc) is 2.44. The number of hydrogen-bond acceptors (Lipinski definition) is 6. The summed E-state index contributed by atoms with van der Waals surface area (Å²) in [6, 6.07) is 0. The van der Waals surface area contributed by atoms with Gasteiger partial charge >= 0.3 is 5.69 Å². The van der Waals surface area contributed by atoms with Crippen molar-refractivity contribution in [3.63, 3.8) is 0 Å². The molecule has 0 amide bonds. The summed E-state index contributed by atoms with van der Waals surface area (Å²) >= 11 is 0. The molecule has 0 aliphatic rings. The largest absolute Gasteiger partial charge is 0.394 e. The minimum absolute atomic E-state index is 0.0259. The molecule has 0 radical (unpaired) electrons. The van der Waals surface area contributed by atoms with Crippen LogP contribution in [0, 0.1) is 0 Å². The summed E-state index contributed by atoms with van der Waals surface area (Å²) in [5, 5.41) is 20.8. The summed E-state index contributed by atoms with van der Waals surface area (Å²) in [6.07, 6.45) is 0.650. The zero-order chi connectivity index (χ0) is 15.3. The molecule has 0 fully saturated rings. The number of unbranched alkanes of at least 4 members (excludes halogenated alkanes) is 1. The molecular weight excluding hydrogens is 264 g/mol. The van der Waals surface area contributed by atoms with Crippen molar-refractivity contribution in [2.24, 2.45) is 7.05 Å². The highest BCUT2D eigenvalue weighted by Crippen LogP contribution is 2.11. The Kier molecular flexibility index (Phi) is 5.78. The van der Waals surface area contributed by atoms with Crippen LogP contribution in [0.1, 0.15) is 19.8 Å². The van der Waals surface area contributed by atoms with Crippen LogP contribution in [0.25, 0.3) is 0 Å². The number of hydrogen-bond donors (Lipinski definition) is 4. The summed E-state index contributed by atoms with van der Waals surface area (Å²) < 4.78 is 2.30. The number of aromatic nitrogens is 2. The zero-order valence-electron chi connectivity index (χ0n) is 11.8. The van der Waals surface area contributed by atoms with Crippen molar-refractivity contribution in [2.75, 3.05) is 24.2 Å². The van der Waals surface area contributed by atoms with Gasteiger partial charge in [-0.15, -0.1) is 0 Å². The van der Waals surface area contributed by atoms with E-state index >= 15 is 0 Å². The molecule has 1 atom stereocenters. The number of nitrogen functional groups attached to an aromatic ring is 1. The Morgan fingerprint density at radius 2 is 2.05 bits per heavy atom. The van der Waals surface area contributed by atoms with Gasteiger partial charge in [-0.25, -0.2) is 4.79 Å². The van der Waals surface area contributed by atoms with Gasteiger partial charge in [0, 0.05) is 20.1 Å². The van der Waals surface area contributed by atoms with E-state index in [2.05, 4.69) is 5.32 Å². The standard InChI is InChI=1S/C12H22N4O4/c1-3-4-5-16-10(13)9(14-6-8(18)7-17)11(19)15(2)12(16)20/h8,14,17-18H,3-7,13H2,1-2H3. The van der Waals surface area contributed by atoms with Crippen molar-refractivity contribution >= 4 is 11.5 Å². The number of aliphatic hydroxyl groups is 2. The van der Waals surface area contributed by atoms with E-state index in [0.717, 1.165) is 17.4 Å². The molecule has 0 aromatic carbocycles. The second kappa shape index (κ2) is 7.11. The third-order valence-corrected chi connectivity index (χ3v) is 3.04. The Balaban J connectivity index is 3.19. The van der Waals surface area contributed by atoms with Gasteiger partial charge in [0.2, 0.25) is 0 Å². The van der Waals surface area contributed by atoms with Gasteiger partial charge in [0.15, 0.2) is 0 Å². The lowest BCUT2D eigenvalue weighted by Crippen LogP contribution is -2.41. The fraction of sp³-hybridized carbons (Fsp3) is 0.667. The van der Waals surface area contributed by atoms with Crippen molar-refractivity contribution < 1.29 is 10.2 Å². The third kappa shape index (κ3) is 3.40. The van der Waals surface area contributed by atoms with E-state index in [1.54, 1.807) is 0 Å². The summed E-state index contributed by atoms with van der Waals surface area (Å²) in [6.45, 7) is 1.96. The number of aliphatic hydroxyl groups excluding tert-OH is 2. The van der Waals surface area contributed by atoms with Gasteiger partial charge in [-0.2, -0.15) is 0 Å². The van der Waals surface area contributed by atoms with Crippen molar-refractivity contribution in [2.45, 2.75) is 32.4 Å². The molecule has 20 heavy (non-hydrogen) atoms. The minimum atomic E-state index is -1.00. The molecule has 1 rings (SSSR count). The topological polar surface area (TPSA) is 123 Å². The van der Waals surface area contributed by atoms with Crippen LogP contribution in [0.5, 0.6) is 0 Å². The summed E-state index contributed by atoms with van der Waals surface area (Å²) in [4.78, 5) is 24.0. The average molecular weight is 286 g/mol. The second-order valence-electron chi connectivity index (χ2n) is 4.63. The SMILES string of the molecule is CCCCn1c(N)c(NCC(O)CO)c(=O)n(C)c1=O. The van der Waals surface area contributed by atoms with Crippen molar-refractivity contribution in [1.82, 2.24) is 9.13 Å². The zero-order valence-corrected chi connectivity index (χ0v) is 11.8. The first-order valence-electron chi connectivity index (χ1n) is 6.56. The number of nitrogens with two attached hydrogens (primary N) is 1. The first-order valence-corrected chi connectivity index (χ1v) is 6.56. The quantitative estimate of drug-likeness (QED) is 0.494. The van der Waals surface area contributed by atoms with Crippen LogP contribution in [-0.4, -0.2) is 38.6 Å². The summed E-state index contributed by atoms with van der Waals surface area (Å²) in [5.74, 6) is 0.0525. The molecule has 0 bridgehead atoms. The van der Waals surface area contributed by atoms with Crippen LogP contribution < -0.4 is 22.3 Å². The lowest BCUT2D eigenvalue weighted by atomic mass is 10.3. The molecule has 8 nitrogen and oxygen atoms in total. The van der Waals surface area contributed by atoms with E-state index in [-0.39, 0.29) is 18.1 Å². The van der Waals surface area contributed by atoms with Crippen molar-refractivity contribution in [1.29, 1.82) is 0 Å². The molecule has 0 spiro atoms. The fourth-order valence-electron chi connectivity index (χ4n) is 1.77. The van der Waals surface area contributed by atoms with Crippen LogP contribution in [-0.2, 0) is 13.6 Å². The Hall–Kier alpha value is -1.80. The highest BCUT2D eigenvalue weighted by molar-refractivity contribution is 5.60. The molecule has 0 saturated carbocycles. The van der Waals surface area contributed by atoms with Gasteiger partial charge in [-0.05, 0) is 6.42 Å². The molecule has 114 valence electrons. The molecule has 1 heterocycles. The van der Waals surface area contributed by atoms with Gasteiger partial charge in [-0.3, -0.25) is 13.9 Å². The Morgan fingerprint density at radius 1 is 1.40 bits per heavy atom. The maximum atomic E-state index is 12.0. The lowest BCUT2D eigenvalue weighted by molar-refractivity contribution is 0.105. The van der Waals surface area contributed by atoms with Gasteiger partial charge < -0.3 is 21.3 Å². The smallest absolute Gasteiger partial charge is 0.332 e. The molecule has 0 aliphatic carbocycles. The van der Waals surface area contributed by atoms with Crippen LogP contribution in [0.2, 0.25) is 0 Å². The van der Waals surface area contributed by atoms with Gasteiger partial charge in [0.05, 0.1) is 12.7 Å². The van der Waals surface area contributed by atoms with Gasteiger partial charge in [0.1, 0.15) is 11.5 Å². The number of rotatable bonds is 7. The molecule has 0 saturated heterocycles. The first-order chi connectivity index (χ1) is 9.43. The molecule has 5 N–H and O–H groups in total. The Labute approximate surface area is 116 Å². The van der Waals surface area contributed by atoms with Gasteiger partial charge in [-0.1, -0.05) is 13.3 Å². The normalized spacial score (nSPS) is 12.4. The number of nitrogens with zero attached hydrogens (tertiary/aromatic N) is 2. The summed E-state index contributed by atoms with van der Waals surface area (Å²) in [5.41, 5.74) is 4.92. The first kappa shape index (κ1) is 16.3. The maximum absolute atomic E-state index is 12.0. The highest BCUT2D eigenvalue weighted by atomic mass is 16.3. The van der Waals surface area contributed by atoms with Crippen LogP contribution in [0.4, 0.5) is 11.5 Å². The van der Waals surface area contributed by atoms with E-state index in [1.165, 1.54) is 11.6 Å². The van der Waals surface area contributed by atoms with E-state index in [1.807, 2.05) is 6.92 Å². The summed E-state index contributed by atoms with van der Waals surface area (Å²) in [7, 11) is 1.38. The van der Waals surface area contributed by atoms with Crippen LogP contribution in [0.3, 0.4) is 0 Å². The predicted octanol–water partition coefficient (Wildman–Crippen LogP) is -1.31. The Morgan fingerprint density at radius 3 is 2.60 bits per heavy atom. The van der Waals surface area contributed by atoms with E-state index in [4.69, 9.17) is 10.8 Å². The molecule has 8 heteroatoms. The fourth-order valence-corrected chi connectivity index (χ4v) is 1.77. The Bertz CT molecular complexity index is 564. The molecule has 1 aromatic rings. The van der Waals surface area contributed by atoms with E-state index in [9.17, 15) is 14.7 Å². The molecule has 0 aliphatic heterocycles. The minimum Gasteiger partial charge on any atom is -0.394 e. The number of anilines is 2. The maximum Gasteiger partial charge on any atom is 0.332 e. The second-order valence-corrected chi connectivity index (χ2v) is 4.63. The molecule has 1 aromatic heterocycles. The van der Waals surface area contributed by atoms with E-state index < -0.39 is 24.0 Å². The highest BCUT2D eigenvalue weighted by Gasteiger charge is 2.15. The number of nitrogens with one attached hydrogen (secondary N) is 1. The van der Waals surface area contributed by atoms with E-state index in [0.29, 0.717) is 6.54 Å². The van der Waals surface area contributed by atoms with Crippen molar-refractivity contribution in [3.8, 4) is 0 Å². The van der Waals surface area contributed by atoms with Crippen molar-refractivity contribution in [3.05, 3.63) is 20.8 Å².